The van der Waals surface area contributed by atoms with Gasteiger partial charge in [-0.25, -0.2) is 0 Å². The van der Waals surface area contributed by atoms with E-state index in [0.29, 0.717) is 22.6 Å². The van der Waals surface area contributed by atoms with Crippen molar-refractivity contribution in [2.75, 3.05) is 0 Å². The third-order valence-electron chi connectivity index (χ3n) is 2.32. The molecule has 2 aromatic rings. The summed E-state index contributed by atoms with van der Waals surface area (Å²) in [7, 11) is -4.27. The van der Waals surface area contributed by atoms with Gasteiger partial charge in [0.25, 0.3) is 10.1 Å². The molecule has 20 heavy (non-hydrogen) atoms. The van der Waals surface area contributed by atoms with E-state index in [1.807, 2.05) is 0 Å². The fraction of sp³-hybridized carbons (Fsp3) is 0.0769. The number of amides is 1. The number of benzene rings is 2. The largest absolute Gasteiger partial charge is 0.370 e. The standard InChI is InChI=1S/C11H8O4S.C2H5NO/c12-7-8-5-6-11(16(13,14)15)10-4-2-1-3-9(8)10;1-2(3)4/h1-7H,(H,13,14,15);1H3,(H2,3,4). The maximum absolute atomic E-state index is 11.1. The zero-order valence-electron chi connectivity index (χ0n) is 10.6. The minimum atomic E-state index is -4.27. The Labute approximate surface area is 116 Å². The van der Waals surface area contributed by atoms with Crippen LogP contribution in [0.25, 0.3) is 10.8 Å². The first-order valence-electron chi connectivity index (χ1n) is 5.48. The molecule has 0 aliphatic rings. The second-order valence-corrected chi connectivity index (χ2v) is 5.29. The lowest BCUT2D eigenvalue weighted by Gasteiger charge is -2.05. The molecule has 106 valence electrons. The Kier molecular flexibility index (Phi) is 4.95. The Bertz CT molecular complexity index is 748. The van der Waals surface area contributed by atoms with Crippen LogP contribution in [0, 0.1) is 0 Å². The second-order valence-electron chi connectivity index (χ2n) is 3.90. The maximum Gasteiger partial charge on any atom is 0.295 e. The van der Waals surface area contributed by atoms with Crippen molar-refractivity contribution < 1.29 is 22.6 Å². The van der Waals surface area contributed by atoms with Gasteiger partial charge in [-0.3, -0.25) is 14.1 Å². The lowest BCUT2D eigenvalue weighted by atomic mass is 10.1. The van der Waals surface area contributed by atoms with Crippen LogP contribution in [0.4, 0.5) is 0 Å². The molecule has 0 spiro atoms. The SMILES string of the molecule is CC(N)=O.O=Cc1ccc(S(=O)(=O)O)c2ccccc12. The highest BCUT2D eigenvalue weighted by Gasteiger charge is 2.14. The van der Waals surface area contributed by atoms with Gasteiger partial charge in [-0.2, -0.15) is 8.42 Å². The van der Waals surface area contributed by atoms with Gasteiger partial charge in [-0.15, -0.1) is 0 Å². The monoisotopic (exact) mass is 295 g/mol. The Morgan fingerprint density at radius 1 is 1.15 bits per heavy atom. The van der Waals surface area contributed by atoms with Gasteiger partial charge >= 0.3 is 0 Å². The second kappa shape index (κ2) is 6.27. The lowest BCUT2D eigenvalue weighted by molar-refractivity contribution is -0.115. The minimum absolute atomic E-state index is 0.186. The molecule has 0 fully saturated rings. The number of hydrogen-bond donors (Lipinski definition) is 2. The van der Waals surface area contributed by atoms with Gasteiger partial charge in [-0.05, 0) is 17.5 Å². The van der Waals surface area contributed by atoms with Gasteiger partial charge in [0.1, 0.15) is 4.90 Å². The summed E-state index contributed by atoms with van der Waals surface area (Å²) in [6.45, 7) is 1.31. The molecule has 1 amide bonds. The molecule has 0 heterocycles. The summed E-state index contributed by atoms with van der Waals surface area (Å²) in [5.74, 6) is -0.333. The van der Waals surface area contributed by atoms with Crippen molar-refractivity contribution in [3.05, 3.63) is 42.0 Å². The number of rotatable bonds is 2. The lowest BCUT2D eigenvalue weighted by Crippen LogP contribution is -2.01. The molecule has 0 aromatic heterocycles. The average molecular weight is 295 g/mol. The first-order valence-corrected chi connectivity index (χ1v) is 6.92. The van der Waals surface area contributed by atoms with Crippen LogP contribution < -0.4 is 5.73 Å². The summed E-state index contributed by atoms with van der Waals surface area (Å²) in [6.07, 6.45) is 0.649. The summed E-state index contributed by atoms with van der Waals surface area (Å²) in [6, 6.07) is 9.12. The Hall–Kier alpha value is -2.25. The highest BCUT2D eigenvalue weighted by atomic mass is 32.2. The van der Waals surface area contributed by atoms with E-state index in [-0.39, 0.29) is 10.8 Å². The van der Waals surface area contributed by atoms with Gasteiger partial charge in [0.2, 0.25) is 5.91 Å². The fourth-order valence-electron chi connectivity index (χ4n) is 1.62. The van der Waals surface area contributed by atoms with Crippen molar-refractivity contribution in [2.24, 2.45) is 5.73 Å². The molecule has 0 saturated carbocycles. The number of aldehydes is 1. The number of carbonyl (C=O) groups excluding carboxylic acids is 2. The molecule has 3 N–H and O–H groups in total. The highest BCUT2D eigenvalue weighted by Crippen LogP contribution is 2.25. The number of nitrogens with two attached hydrogens (primary N) is 1. The van der Waals surface area contributed by atoms with Crippen molar-refractivity contribution in [3.8, 4) is 0 Å². The summed E-state index contributed by atoms with van der Waals surface area (Å²) < 4.78 is 31.3. The first-order chi connectivity index (χ1) is 9.27. The first kappa shape index (κ1) is 15.8. The summed E-state index contributed by atoms with van der Waals surface area (Å²) in [5.41, 5.74) is 4.86. The van der Waals surface area contributed by atoms with Gasteiger partial charge in [0, 0.05) is 17.9 Å². The van der Waals surface area contributed by atoms with Gasteiger partial charge < -0.3 is 5.73 Å². The third kappa shape index (κ3) is 3.87. The van der Waals surface area contributed by atoms with Crippen LogP contribution in [0.2, 0.25) is 0 Å². The molecular formula is C13H13NO5S. The summed E-state index contributed by atoms with van der Waals surface area (Å²) >= 11 is 0. The molecule has 0 bridgehead atoms. The van der Waals surface area contributed by atoms with E-state index in [1.54, 1.807) is 24.3 Å². The third-order valence-corrected chi connectivity index (χ3v) is 3.23. The molecule has 0 radical (unpaired) electrons. The molecule has 0 aliphatic heterocycles. The van der Waals surface area contributed by atoms with Crippen molar-refractivity contribution >= 4 is 33.1 Å². The van der Waals surface area contributed by atoms with Crippen LogP contribution in [-0.4, -0.2) is 25.2 Å². The van der Waals surface area contributed by atoms with E-state index in [0.717, 1.165) is 0 Å². The Balaban J connectivity index is 0.000000444. The quantitative estimate of drug-likeness (QED) is 0.641. The van der Waals surface area contributed by atoms with Crippen molar-refractivity contribution in [2.45, 2.75) is 11.8 Å². The predicted octanol–water partition coefficient (Wildman–Crippen LogP) is 1.39. The van der Waals surface area contributed by atoms with E-state index >= 15 is 0 Å². The van der Waals surface area contributed by atoms with E-state index in [9.17, 15) is 18.0 Å². The van der Waals surface area contributed by atoms with Crippen LogP contribution in [0.15, 0.2) is 41.3 Å². The average Bonchev–Trinajstić information content (AvgIpc) is 2.35. The molecule has 0 aliphatic carbocycles. The van der Waals surface area contributed by atoms with E-state index in [1.165, 1.54) is 19.1 Å². The van der Waals surface area contributed by atoms with E-state index < -0.39 is 10.1 Å². The Morgan fingerprint density at radius 2 is 1.65 bits per heavy atom. The van der Waals surface area contributed by atoms with Gasteiger partial charge in [0.15, 0.2) is 6.29 Å². The predicted molar refractivity (Wildman–Crippen MR) is 74.0 cm³/mol. The molecule has 0 unspecified atom stereocenters. The number of primary amides is 1. The van der Waals surface area contributed by atoms with Crippen molar-refractivity contribution in [3.63, 3.8) is 0 Å². The minimum Gasteiger partial charge on any atom is -0.370 e. The molecule has 6 nitrogen and oxygen atoms in total. The number of hydrogen-bond acceptors (Lipinski definition) is 4. The summed E-state index contributed by atoms with van der Waals surface area (Å²) in [4.78, 5) is 19.8. The van der Waals surface area contributed by atoms with Crippen LogP contribution >= 0.6 is 0 Å². The van der Waals surface area contributed by atoms with Crippen LogP contribution in [0.1, 0.15) is 17.3 Å². The van der Waals surface area contributed by atoms with E-state index in [2.05, 4.69) is 5.73 Å². The zero-order chi connectivity index (χ0) is 15.3. The topological polar surface area (TPSA) is 115 Å². The smallest absolute Gasteiger partial charge is 0.295 e. The molecule has 2 rings (SSSR count). The van der Waals surface area contributed by atoms with Crippen molar-refractivity contribution in [1.29, 1.82) is 0 Å². The number of carbonyl (C=O) groups is 2. The molecule has 0 saturated heterocycles. The van der Waals surface area contributed by atoms with Gasteiger partial charge in [-0.1, -0.05) is 24.3 Å². The zero-order valence-corrected chi connectivity index (χ0v) is 11.4. The van der Waals surface area contributed by atoms with Crippen molar-refractivity contribution in [1.82, 2.24) is 0 Å². The normalized spacial score (nSPS) is 10.5. The van der Waals surface area contributed by atoms with Gasteiger partial charge in [0.05, 0.1) is 0 Å². The van der Waals surface area contributed by atoms with Crippen LogP contribution in [0.3, 0.4) is 0 Å². The maximum atomic E-state index is 11.1. The fourth-order valence-corrected chi connectivity index (χ4v) is 2.32. The van der Waals surface area contributed by atoms with Crippen LogP contribution in [-0.2, 0) is 14.9 Å². The van der Waals surface area contributed by atoms with Crippen LogP contribution in [0.5, 0.6) is 0 Å². The molecule has 0 atom stereocenters. The molecular weight excluding hydrogens is 282 g/mol. The Morgan fingerprint density at radius 3 is 2.10 bits per heavy atom. The van der Waals surface area contributed by atoms with E-state index in [4.69, 9.17) is 4.55 Å². The number of fused-ring (bicyclic) bond motifs is 1. The molecule has 7 heteroatoms. The summed E-state index contributed by atoms with van der Waals surface area (Å²) in [5, 5.41) is 0.849. The molecule has 2 aromatic carbocycles. The highest BCUT2D eigenvalue weighted by molar-refractivity contribution is 7.86.